The molecule has 104 valence electrons. The number of halogens is 2. The Labute approximate surface area is 123 Å². The highest BCUT2D eigenvalue weighted by molar-refractivity contribution is 7.93. The maximum Gasteiger partial charge on any atom is 0.277 e. The topological polar surface area (TPSA) is 72.5 Å². The number of hydrogen-bond acceptors (Lipinski definition) is 2. The molecule has 0 aliphatic heterocycles. The van der Waals surface area contributed by atoms with E-state index in [0.29, 0.717) is 22.0 Å². The molecule has 0 spiro atoms. The summed E-state index contributed by atoms with van der Waals surface area (Å²) in [5.74, 6) is 0.0984. The second-order valence-corrected chi connectivity index (χ2v) is 6.12. The highest BCUT2D eigenvalue weighted by atomic mass is 35.5. The third kappa shape index (κ3) is 5.63. The fourth-order valence-corrected chi connectivity index (χ4v) is 2.39. The van der Waals surface area contributed by atoms with Gasteiger partial charge in [0.05, 0.1) is 15.5 Å². The molecule has 1 aromatic rings. The van der Waals surface area contributed by atoms with Crippen LogP contribution >= 0.6 is 23.2 Å². The van der Waals surface area contributed by atoms with Gasteiger partial charge in [0, 0.05) is 6.42 Å². The van der Waals surface area contributed by atoms with Crippen molar-refractivity contribution < 1.29 is 8.42 Å². The lowest BCUT2D eigenvalue weighted by molar-refractivity contribution is 0.606. The average molecular weight is 321 g/mol. The quantitative estimate of drug-likeness (QED) is 0.667. The summed E-state index contributed by atoms with van der Waals surface area (Å²) in [5.41, 5.74) is 6.09. The highest BCUT2D eigenvalue weighted by Crippen LogP contribution is 2.23. The number of sulfonamides is 1. The summed E-state index contributed by atoms with van der Waals surface area (Å²) in [4.78, 5) is 0. The molecular formula is C12H14Cl2N2O2S. The van der Waals surface area contributed by atoms with Crippen molar-refractivity contribution in [3.63, 3.8) is 0 Å². The predicted molar refractivity (Wildman–Crippen MR) is 80.9 cm³/mol. The van der Waals surface area contributed by atoms with E-state index >= 15 is 0 Å². The number of rotatable bonds is 5. The molecule has 0 aliphatic carbocycles. The molecule has 0 aromatic heterocycles. The summed E-state index contributed by atoms with van der Waals surface area (Å²) >= 11 is 11.6. The number of nitrogens with zero attached hydrogens (tertiary/aromatic N) is 1. The second-order valence-electron chi connectivity index (χ2n) is 3.82. The molecule has 2 N–H and O–H groups in total. The third-order valence-electron chi connectivity index (χ3n) is 2.13. The van der Waals surface area contributed by atoms with Crippen LogP contribution in [0.2, 0.25) is 10.0 Å². The maximum atomic E-state index is 11.6. The molecule has 1 aromatic carbocycles. The van der Waals surface area contributed by atoms with Gasteiger partial charge in [0.1, 0.15) is 5.84 Å². The van der Waals surface area contributed by atoms with Crippen LogP contribution in [0.3, 0.4) is 0 Å². The molecule has 0 radical (unpaired) electrons. The van der Waals surface area contributed by atoms with Crippen molar-refractivity contribution in [2.24, 2.45) is 10.1 Å². The lowest BCUT2D eigenvalue weighted by Gasteiger charge is -1.98. The first-order chi connectivity index (χ1) is 8.84. The molecule has 0 bridgehead atoms. The largest absolute Gasteiger partial charge is 0.386 e. The Morgan fingerprint density at radius 1 is 1.37 bits per heavy atom. The minimum atomic E-state index is -3.72. The number of nitrogens with two attached hydrogens (primary N) is 1. The molecule has 7 heteroatoms. The Balaban J connectivity index is 2.91. The first kappa shape index (κ1) is 16.0. The van der Waals surface area contributed by atoms with Gasteiger partial charge in [0.25, 0.3) is 10.0 Å². The Hall–Kier alpha value is -1.04. The smallest absolute Gasteiger partial charge is 0.277 e. The lowest BCUT2D eigenvalue weighted by atomic mass is 10.2. The van der Waals surface area contributed by atoms with Gasteiger partial charge in [-0.25, -0.2) is 0 Å². The molecule has 0 fully saturated rings. The van der Waals surface area contributed by atoms with Gasteiger partial charge in [-0.3, -0.25) is 0 Å². The molecule has 0 saturated carbocycles. The first-order valence-electron chi connectivity index (χ1n) is 5.56. The van der Waals surface area contributed by atoms with Crippen LogP contribution in [0.4, 0.5) is 0 Å². The standard InChI is InChI=1S/C12H14Cl2N2O2S/c1-2-3-12(15)16-19(17,18)7-6-9-4-5-10(13)11(14)8-9/h4-8H,2-3H2,1H3,(H2,15,16)/b7-6+. The molecule has 0 heterocycles. The van der Waals surface area contributed by atoms with Crippen LogP contribution in [0.1, 0.15) is 25.3 Å². The zero-order chi connectivity index (χ0) is 14.5. The Morgan fingerprint density at radius 2 is 2.05 bits per heavy atom. The van der Waals surface area contributed by atoms with Gasteiger partial charge in [-0.1, -0.05) is 36.2 Å². The van der Waals surface area contributed by atoms with Gasteiger partial charge >= 0.3 is 0 Å². The van der Waals surface area contributed by atoms with Gasteiger partial charge in [-0.2, -0.15) is 8.42 Å². The zero-order valence-corrected chi connectivity index (χ0v) is 12.6. The van der Waals surface area contributed by atoms with Crippen LogP contribution in [-0.2, 0) is 10.0 Å². The molecular weight excluding hydrogens is 307 g/mol. The summed E-state index contributed by atoms with van der Waals surface area (Å²) in [6.45, 7) is 1.89. The maximum absolute atomic E-state index is 11.6. The summed E-state index contributed by atoms with van der Waals surface area (Å²) in [7, 11) is -3.72. The van der Waals surface area contributed by atoms with Crippen molar-refractivity contribution in [3.8, 4) is 0 Å². The third-order valence-corrected chi connectivity index (χ3v) is 3.83. The van der Waals surface area contributed by atoms with E-state index in [0.717, 1.165) is 11.8 Å². The molecule has 19 heavy (non-hydrogen) atoms. The first-order valence-corrected chi connectivity index (χ1v) is 7.82. The minimum absolute atomic E-state index is 0.0984. The van der Waals surface area contributed by atoms with Gasteiger partial charge in [-0.15, -0.1) is 4.40 Å². The molecule has 0 amide bonds. The fraction of sp³-hybridized carbons (Fsp3) is 0.250. The van der Waals surface area contributed by atoms with Crippen LogP contribution in [0.15, 0.2) is 28.0 Å². The minimum Gasteiger partial charge on any atom is -0.386 e. The van der Waals surface area contributed by atoms with Gasteiger partial charge in [0.15, 0.2) is 0 Å². The van der Waals surface area contributed by atoms with E-state index in [1.165, 1.54) is 6.08 Å². The van der Waals surface area contributed by atoms with Gasteiger partial charge < -0.3 is 5.73 Å². The van der Waals surface area contributed by atoms with Crippen molar-refractivity contribution in [2.75, 3.05) is 0 Å². The van der Waals surface area contributed by atoms with Crippen LogP contribution in [0.25, 0.3) is 6.08 Å². The van der Waals surface area contributed by atoms with Crippen molar-refractivity contribution in [1.82, 2.24) is 0 Å². The average Bonchev–Trinajstić information content (AvgIpc) is 2.30. The van der Waals surface area contributed by atoms with E-state index in [1.54, 1.807) is 18.2 Å². The highest BCUT2D eigenvalue weighted by Gasteiger charge is 2.04. The molecule has 1 rings (SSSR count). The van der Waals surface area contributed by atoms with E-state index in [4.69, 9.17) is 28.9 Å². The number of amidine groups is 1. The lowest BCUT2D eigenvalue weighted by Crippen LogP contribution is -2.13. The zero-order valence-electron chi connectivity index (χ0n) is 10.3. The second kappa shape index (κ2) is 6.93. The summed E-state index contributed by atoms with van der Waals surface area (Å²) in [5, 5.41) is 1.75. The van der Waals surface area contributed by atoms with Gasteiger partial charge in [0.2, 0.25) is 0 Å². The van der Waals surface area contributed by atoms with Crippen LogP contribution in [0.5, 0.6) is 0 Å². The number of benzene rings is 1. The Morgan fingerprint density at radius 3 is 2.63 bits per heavy atom. The molecule has 0 atom stereocenters. The Bertz CT molecular complexity index is 610. The fourth-order valence-electron chi connectivity index (χ4n) is 1.28. The van der Waals surface area contributed by atoms with Crippen molar-refractivity contribution in [1.29, 1.82) is 0 Å². The van der Waals surface area contributed by atoms with Crippen molar-refractivity contribution in [3.05, 3.63) is 39.2 Å². The van der Waals surface area contributed by atoms with Crippen LogP contribution in [-0.4, -0.2) is 14.3 Å². The monoisotopic (exact) mass is 320 g/mol. The molecule has 0 saturated heterocycles. The number of hydrogen-bond donors (Lipinski definition) is 1. The van der Waals surface area contributed by atoms with Crippen molar-refractivity contribution in [2.45, 2.75) is 19.8 Å². The Kier molecular flexibility index (Phi) is 5.85. The summed E-state index contributed by atoms with van der Waals surface area (Å²) < 4.78 is 26.7. The van der Waals surface area contributed by atoms with Gasteiger partial charge in [-0.05, 0) is 30.2 Å². The predicted octanol–water partition coefficient (Wildman–Crippen LogP) is 3.45. The van der Waals surface area contributed by atoms with E-state index in [1.807, 2.05) is 6.92 Å². The van der Waals surface area contributed by atoms with E-state index in [2.05, 4.69) is 4.40 Å². The summed E-state index contributed by atoms with van der Waals surface area (Å²) in [6.07, 6.45) is 2.57. The normalized spacial score (nSPS) is 13.1. The molecule has 4 nitrogen and oxygen atoms in total. The van der Waals surface area contributed by atoms with Crippen LogP contribution < -0.4 is 5.73 Å². The van der Waals surface area contributed by atoms with Crippen LogP contribution in [0, 0.1) is 0 Å². The summed E-state index contributed by atoms with van der Waals surface area (Å²) in [6, 6.07) is 4.80. The molecule has 0 unspecified atom stereocenters. The van der Waals surface area contributed by atoms with E-state index in [-0.39, 0.29) is 5.84 Å². The van der Waals surface area contributed by atoms with Crippen molar-refractivity contribution >= 4 is 45.1 Å². The molecule has 0 aliphatic rings. The van der Waals surface area contributed by atoms with E-state index < -0.39 is 10.0 Å². The van der Waals surface area contributed by atoms with E-state index in [9.17, 15) is 8.42 Å². The SMILES string of the molecule is CCC/C(N)=N/S(=O)(=O)/C=C/c1ccc(Cl)c(Cl)c1.